The molecule has 2 nitrogen and oxygen atoms in total. The molecule has 2 aromatic rings. The van der Waals surface area contributed by atoms with Crippen molar-refractivity contribution in [2.24, 2.45) is 0 Å². The van der Waals surface area contributed by atoms with E-state index in [-0.39, 0.29) is 5.92 Å². The lowest BCUT2D eigenvalue weighted by atomic mass is 9.95. The second kappa shape index (κ2) is 4.91. The first-order valence-corrected chi connectivity index (χ1v) is 6.24. The predicted octanol–water partition coefficient (Wildman–Crippen LogP) is 3.39. The second-order valence-corrected chi connectivity index (χ2v) is 4.36. The third-order valence-electron chi connectivity index (χ3n) is 2.53. The Morgan fingerprint density at radius 3 is 2.44 bits per heavy atom. The molecule has 2 rings (SSSR count). The van der Waals surface area contributed by atoms with Gasteiger partial charge < -0.3 is 4.98 Å². The molecule has 0 aliphatic rings. The maximum atomic E-state index is 9.21. The monoisotopic (exact) mass is 228 g/mol. The van der Waals surface area contributed by atoms with Gasteiger partial charge in [0.2, 0.25) is 0 Å². The fourth-order valence-corrected chi connectivity index (χ4v) is 2.06. The van der Waals surface area contributed by atoms with Crippen LogP contribution in [0.5, 0.6) is 0 Å². The van der Waals surface area contributed by atoms with E-state index >= 15 is 0 Å². The first kappa shape index (κ1) is 10.8. The van der Waals surface area contributed by atoms with Crippen molar-refractivity contribution in [3.05, 3.63) is 53.9 Å². The number of H-pyrrole nitrogens is 1. The maximum absolute atomic E-state index is 9.21. The van der Waals surface area contributed by atoms with Crippen LogP contribution in [-0.4, -0.2) is 11.2 Å². The molecular formula is C13H12N2S. The van der Waals surface area contributed by atoms with Gasteiger partial charge in [-0.1, -0.05) is 12.1 Å². The molecule has 1 aromatic carbocycles. The molecule has 0 saturated heterocycles. The van der Waals surface area contributed by atoms with Gasteiger partial charge in [-0.2, -0.15) is 5.26 Å². The SMILES string of the molecule is CSc1ccc(C(C#N)c2cc[nH]c2)cc1. The summed E-state index contributed by atoms with van der Waals surface area (Å²) in [6.07, 6.45) is 5.76. The van der Waals surface area contributed by atoms with Gasteiger partial charge in [0.15, 0.2) is 0 Å². The Bertz CT molecular complexity index is 480. The lowest BCUT2D eigenvalue weighted by molar-refractivity contribution is 1.04. The number of nitrogens with one attached hydrogen (secondary N) is 1. The van der Waals surface area contributed by atoms with E-state index in [1.54, 1.807) is 11.8 Å². The summed E-state index contributed by atoms with van der Waals surface area (Å²) in [6.45, 7) is 0. The van der Waals surface area contributed by atoms with Crippen molar-refractivity contribution >= 4 is 11.8 Å². The van der Waals surface area contributed by atoms with E-state index in [1.807, 2.05) is 36.8 Å². The van der Waals surface area contributed by atoms with Crippen LogP contribution in [0.2, 0.25) is 0 Å². The van der Waals surface area contributed by atoms with Gasteiger partial charge in [-0.15, -0.1) is 11.8 Å². The second-order valence-electron chi connectivity index (χ2n) is 3.48. The molecule has 1 aromatic heterocycles. The zero-order valence-corrected chi connectivity index (χ0v) is 9.79. The minimum atomic E-state index is -0.179. The van der Waals surface area contributed by atoms with Crippen LogP contribution in [0.1, 0.15) is 17.0 Å². The van der Waals surface area contributed by atoms with E-state index < -0.39 is 0 Å². The lowest BCUT2D eigenvalue weighted by Gasteiger charge is -2.07. The zero-order chi connectivity index (χ0) is 11.4. The van der Waals surface area contributed by atoms with Crippen LogP contribution in [0, 0.1) is 11.3 Å². The molecule has 0 aliphatic carbocycles. The summed E-state index contributed by atoms with van der Waals surface area (Å²) in [5.41, 5.74) is 2.05. The van der Waals surface area contributed by atoms with Gasteiger partial charge in [-0.3, -0.25) is 0 Å². The van der Waals surface area contributed by atoms with Crippen molar-refractivity contribution in [3.8, 4) is 6.07 Å². The highest BCUT2D eigenvalue weighted by Crippen LogP contribution is 2.25. The van der Waals surface area contributed by atoms with Gasteiger partial charge in [-0.25, -0.2) is 0 Å². The summed E-state index contributed by atoms with van der Waals surface area (Å²) < 4.78 is 0. The van der Waals surface area contributed by atoms with Crippen molar-refractivity contribution in [2.75, 3.05) is 6.26 Å². The van der Waals surface area contributed by atoms with Crippen LogP contribution < -0.4 is 0 Å². The maximum Gasteiger partial charge on any atom is 0.0977 e. The first-order chi connectivity index (χ1) is 7.85. The van der Waals surface area contributed by atoms with E-state index in [4.69, 9.17) is 0 Å². The predicted molar refractivity (Wildman–Crippen MR) is 66.5 cm³/mol. The topological polar surface area (TPSA) is 39.6 Å². The van der Waals surface area contributed by atoms with Crippen molar-refractivity contribution in [3.63, 3.8) is 0 Å². The Hall–Kier alpha value is -1.66. The molecule has 0 aliphatic heterocycles. The minimum absolute atomic E-state index is 0.179. The summed E-state index contributed by atoms with van der Waals surface area (Å²) in [6, 6.07) is 12.4. The van der Waals surface area contributed by atoms with Crippen LogP contribution in [-0.2, 0) is 0 Å². The summed E-state index contributed by atoms with van der Waals surface area (Å²) in [7, 11) is 0. The zero-order valence-electron chi connectivity index (χ0n) is 8.97. The molecule has 0 amide bonds. The Morgan fingerprint density at radius 2 is 1.94 bits per heavy atom. The van der Waals surface area contributed by atoms with Crippen LogP contribution in [0.3, 0.4) is 0 Å². The molecule has 0 radical (unpaired) electrons. The number of aromatic nitrogens is 1. The summed E-state index contributed by atoms with van der Waals surface area (Å²) in [5.74, 6) is -0.179. The quantitative estimate of drug-likeness (QED) is 0.818. The van der Waals surface area contributed by atoms with Crippen LogP contribution in [0.4, 0.5) is 0 Å². The number of nitriles is 1. The van der Waals surface area contributed by atoms with Gasteiger partial charge in [0.05, 0.1) is 12.0 Å². The summed E-state index contributed by atoms with van der Waals surface area (Å²) in [5, 5.41) is 9.21. The van der Waals surface area contributed by atoms with Gasteiger partial charge in [-0.05, 0) is 35.6 Å². The highest BCUT2D eigenvalue weighted by atomic mass is 32.2. The van der Waals surface area contributed by atoms with Gasteiger partial charge >= 0.3 is 0 Å². The Kier molecular flexibility index (Phi) is 3.33. The molecule has 80 valence electrons. The van der Waals surface area contributed by atoms with E-state index in [2.05, 4.69) is 23.2 Å². The largest absolute Gasteiger partial charge is 0.367 e. The van der Waals surface area contributed by atoms with Gasteiger partial charge in [0, 0.05) is 17.3 Å². The number of hydrogen-bond donors (Lipinski definition) is 1. The molecule has 16 heavy (non-hydrogen) atoms. The number of rotatable bonds is 3. The third-order valence-corrected chi connectivity index (χ3v) is 3.28. The number of benzene rings is 1. The Morgan fingerprint density at radius 1 is 1.19 bits per heavy atom. The van der Waals surface area contributed by atoms with Crippen molar-refractivity contribution in [1.82, 2.24) is 4.98 Å². The summed E-state index contributed by atoms with van der Waals surface area (Å²) in [4.78, 5) is 4.20. The third kappa shape index (κ3) is 2.12. The van der Waals surface area contributed by atoms with E-state index in [9.17, 15) is 5.26 Å². The average Bonchev–Trinajstić information content (AvgIpc) is 2.85. The van der Waals surface area contributed by atoms with Crippen LogP contribution in [0.25, 0.3) is 0 Å². The molecule has 3 heteroatoms. The fourth-order valence-electron chi connectivity index (χ4n) is 1.65. The van der Waals surface area contributed by atoms with Crippen LogP contribution >= 0.6 is 11.8 Å². The van der Waals surface area contributed by atoms with Crippen molar-refractivity contribution < 1.29 is 0 Å². The molecular weight excluding hydrogens is 216 g/mol. The molecule has 0 bridgehead atoms. The fraction of sp³-hybridized carbons (Fsp3) is 0.154. The Labute approximate surface area is 99.3 Å². The molecule has 0 spiro atoms. The van der Waals surface area contributed by atoms with Gasteiger partial charge in [0.25, 0.3) is 0 Å². The summed E-state index contributed by atoms with van der Waals surface area (Å²) >= 11 is 1.71. The lowest BCUT2D eigenvalue weighted by Crippen LogP contribution is -1.96. The molecule has 1 N–H and O–H groups in total. The van der Waals surface area contributed by atoms with Crippen molar-refractivity contribution in [1.29, 1.82) is 5.26 Å². The molecule has 1 atom stereocenters. The van der Waals surface area contributed by atoms with E-state index in [1.165, 1.54) is 4.90 Å². The van der Waals surface area contributed by atoms with E-state index in [0.717, 1.165) is 11.1 Å². The standard InChI is InChI=1S/C13H12N2S/c1-16-12-4-2-10(3-5-12)13(8-14)11-6-7-15-9-11/h2-7,9,13,15H,1H3. The van der Waals surface area contributed by atoms with E-state index in [0.29, 0.717) is 0 Å². The highest BCUT2D eigenvalue weighted by Gasteiger charge is 2.13. The van der Waals surface area contributed by atoms with Crippen molar-refractivity contribution in [2.45, 2.75) is 10.8 Å². The molecule has 1 unspecified atom stereocenters. The smallest absolute Gasteiger partial charge is 0.0977 e. The normalized spacial score (nSPS) is 12.0. The molecule has 1 heterocycles. The number of aromatic amines is 1. The average molecular weight is 228 g/mol. The van der Waals surface area contributed by atoms with Gasteiger partial charge in [0.1, 0.15) is 0 Å². The first-order valence-electron chi connectivity index (χ1n) is 5.01. The Balaban J connectivity index is 2.31. The van der Waals surface area contributed by atoms with Crippen LogP contribution in [0.15, 0.2) is 47.6 Å². The minimum Gasteiger partial charge on any atom is -0.367 e. The number of thioether (sulfide) groups is 1. The number of hydrogen-bond acceptors (Lipinski definition) is 2. The highest BCUT2D eigenvalue weighted by molar-refractivity contribution is 7.98. The number of nitrogens with zero attached hydrogens (tertiary/aromatic N) is 1. The molecule has 0 fully saturated rings. The molecule has 0 saturated carbocycles.